The first-order valence-corrected chi connectivity index (χ1v) is 5.73. The van der Waals surface area contributed by atoms with E-state index in [1.807, 2.05) is 37.4 Å². The van der Waals surface area contributed by atoms with Gasteiger partial charge in [0.15, 0.2) is 0 Å². The van der Waals surface area contributed by atoms with Gasteiger partial charge >= 0.3 is 0 Å². The van der Waals surface area contributed by atoms with Crippen LogP contribution in [0.2, 0.25) is 0 Å². The zero-order valence-corrected chi connectivity index (χ0v) is 10.7. The van der Waals surface area contributed by atoms with Crippen LogP contribution in [0.5, 0.6) is 0 Å². The molecule has 0 spiro atoms. The van der Waals surface area contributed by atoms with Crippen molar-refractivity contribution >= 4 is 23.3 Å². The quantitative estimate of drug-likeness (QED) is 0.786. The van der Waals surface area contributed by atoms with Gasteiger partial charge in [-0.2, -0.15) is 0 Å². The van der Waals surface area contributed by atoms with Crippen molar-refractivity contribution in [1.82, 2.24) is 4.98 Å². The molecule has 0 bridgehead atoms. The molecule has 0 fully saturated rings. The number of nitrogens with one attached hydrogen (secondary N) is 1. The lowest BCUT2D eigenvalue weighted by Crippen LogP contribution is -2.26. The lowest BCUT2D eigenvalue weighted by molar-refractivity contribution is 0.135. The van der Waals surface area contributed by atoms with Crippen molar-refractivity contribution in [2.24, 2.45) is 5.73 Å². The van der Waals surface area contributed by atoms with Crippen LogP contribution < -0.4 is 5.73 Å². The average molecular weight is 255 g/mol. The molecule has 17 heavy (non-hydrogen) atoms. The van der Waals surface area contributed by atoms with Crippen LogP contribution in [0.25, 0.3) is 10.9 Å². The van der Waals surface area contributed by atoms with Crippen molar-refractivity contribution in [3.63, 3.8) is 0 Å². The summed E-state index contributed by atoms with van der Waals surface area (Å²) in [5.41, 5.74) is 8.17. The largest absolute Gasteiger partial charge is 0.391 e. The maximum Gasteiger partial charge on any atom is 0.0732 e. The normalized spacial score (nSPS) is 14.3. The number of aromatic amines is 1. The van der Waals surface area contributed by atoms with E-state index in [4.69, 9.17) is 5.73 Å². The zero-order chi connectivity index (χ0) is 11.5. The van der Waals surface area contributed by atoms with E-state index in [-0.39, 0.29) is 18.4 Å². The molecule has 94 valence electrons. The van der Waals surface area contributed by atoms with Gasteiger partial charge in [0.25, 0.3) is 0 Å². The smallest absolute Gasteiger partial charge is 0.0732 e. The highest BCUT2D eigenvalue weighted by Crippen LogP contribution is 2.25. The summed E-state index contributed by atoms with van der Waals surface area (Å²) in [6.07, 6.45) is 3.11. The number of hydrogen-bond acceptors (Lipinski definition) is 2. The number of benzene rings is 1. The number of fused-ring (bicyclic) bond motifs is 1. The summed E-state index contributed by atoms with van der Waals surface area (Å²) in [4.78, 5) is 3.15. The highest BCUT2D eigenvalue weighted by atomic mass is 35.5. The van der Waals surface area contributed by atoms with Gasteiger partial charge < -0.3 is 15.8 Å². The van der Waals surface area contributed by atoms with Gasteiger partial charge in [-0.15, -0.1) is 12.4 Å². The Balaban J connectivity index is 0.00000144. The van der Waals surface area contributed by atoms with E-state index in [9.17, 15) is 5.11 Å². The number of halogens is 1. The predicted molar refractivity (Wildman–Crippen MR) is 73.4 cm³/mol. The van der Waals surface area contributed by atoms with Crippen molar-refractivity contribution in [3.8, 4) is 0 Å². The summed E-state index contributed by atoms with van der Waals surface area (Å²) in [5.74, 6) is 0. The summed E-state index contributed by atoms with van der Waals surface area (Å²) in [6.45, 7) is 2.05. The average Bonchev–Trinajstić information content (AvgIpc) is 2.76. The van der Waals surface area contributed by atoms with Gasteiger partial charge in [0, 0.05) is 17.1 Å². The fraction of sp³-hybridized carbons (Fsp3) is 0.385. The van der Waals surface area contributed by atoms with Gasteiger partial charge in [-0.1, -0.05) is 25.5 Å². The monoisotopic (exact) mass is 254 g/mol. The number of aliphatic hydroxyl groups is 1. The number of aliphatic hydroxyl groups excluding tert-OH is 1. The molecular formula is C13H19ClN2O. The molecule has 3 nitrogen and oxygen atoms in total. The molecule has 0 saturated heterocycles. The summed E-state index contributed by atoms with van der Waals surface area (Å²) < 4.78 is 0. The predicted octanol–water partition coefficient (Wildman–Crippen LogP) is 2.75. The van der Waals surface area contributed by atoms with Crippen molar-refractivity contribution in [2.75, 3.05) is 0 Å². The Labute approximate surface area is 107 Å². The van der Waals surface area contributed by atoms with Crippen molar-refractivity contribution in [2.45, 2.75) is 31.9 Å². The number of H-pyrrole nitrogens is 1. The van der Waals surface area contributed by atoms with Gasteiger partial charge in [0.05, 0.1) is 12.1 Å². The number of rotatable bonds is 4. The number of hydrogen-bond donors (Lipinski definition) is 3. The summed E-state index contributed by atoms with van der Waals surface area (Å²) in [6, 6.07) is 7.66. The standard InChI is InChI=1S/C13H18N2O.ClH/c1-2-4-12(16)13(14)10-5-3-6-11-9(10)7-8-15-11;/h3,5-8,12-13,15-16H,2,4,14H2,1H3;1H/t12-,13+;/m1./s1. The highest BCUT2D eigenvalue weighted by Gasteiger charge is 2.17. The van der Waals surface area contributed by atoms with Crippen LogP contribution in [-0.2, 0) is 0 Å². The summed E-state index contributed by atoms with van der Waals surface area (Å²) in [7, 11) is 0. The Morgan fingerprint density at radius 2 is 2.12 bits per heavy atom. The molecule has 2 rings (SSSR count). The van der Waals surface area contributed by atoms with Crippen molar-refractivity contribution < 1.29 is 5.11 Å². The molecule has 1 aromatic carbocycles. The highest BCUT2D eigenvalue weighted by molar-refractivity contribution is 5.85. The Bertz CT molecular complexity index is 469. The zero-order valence-electron chi connectivity index (χ0n) is 9.89. The van der Waals surface area contributed by atoms with Crippen LogP contribution >= 0.6 is 12.4 Å². The molecular weight excluding hydrogens is 236 g/mol. The Kier molecular flexibility index (Phi) is 5.00. The Hall–Kier alpha value is -1.03. The fourth-order valence-electron chi connectivity index (χ4n) is 2.08. The van der Waals surface area contributed by atoms with Gasteiger partial charge in [0.2, 0.25) is 0 Å². The second-order valence-corrected chi connectivity index (χ2v) is 4.17. The first kappa shape index (κ1) is 14.0. The summed E-state index contributed by atoms with van der Waals surface area (Å²) in [5, 5.41) is 11.0. The molecule has 2 atom stereocenters. The third-order valence-electron chi connectivity index (χ3n) is 2.99. The minimum absolute atomic E-state index is 0. The molecule has 1 heterocycles. The SMILES string of the molecule is CCC[C@@H](O)[C@@H](N)c1cccc2[nH]ccc12.Cl. The molecule has 1 aromatic heterocycles. The van der Waals surface area contributed by atoms with E-state index in [2.05, 4.69) is 4.98 Å². The van der Waals surface area contributed by atoms with Gasteiger partial charge in [0.1, 0.15) is 0 Å². The van der Waals surface area contributed by atoms with Crippen LogP contribution in [0.3, 0.4) is 0 Å². The maximum atomic E-state index is 9.93. The van der Waals surface area contributed by atoms with Gasteiger partial charge in [-0.05, 0) is 24.1 Å². The fourth-order valence-corrected chi connectivity index (χ4v) is 2.08. The third kappa shape index (κ3) is 2.80. The van der Waals surface area contributed by atoms with E-state index >= 15 is 0 Å². The summed E-state index contributed by atoms with van der Waals surface area (Å²) >= 11 is 0. The Morgan fingerprint density at radius 3 is 2.82 bits per heavy atom. The van der Waals surface area contributed by atoms with E-state index in [0.717, 1.165) is 29.3 Å². The molecule has 2 aromatic rings. The molecule has 0 unspecified atom stereocenters. The molecule has 0 amide bonds. The molecule has 0 saturated carbocycles. The van der Waals surface area contributed by atoms with Gasteiger partial charge in [-0.25, -0.2) is 0 Å². The molecule has 0 aliphatic heterocycles. The molecule has 0 radical (unpaired) electrons. The topological polar surface area (TPSA) is 62.0 Å². The molecule has 0 aliphatic carbocycles. The minimum Gasteiger partial charge on any atom is -0.391 e. The van der Waals surface area contributed by atoms with E-state index in [1.54, 1.807) is 0 Å². The van der Waals surface area contributed by atoms with Crippen LogP contribution in [0.1, 0.15) is 31.4 Å². The first-order valence-electron chi connectivity index (χ1n) is 5.73. The van der Waals surface area contributed by atoms with Crippen LogP contribution in [0, 0.1) is 0 Å². The van der Waals surface area contributed by atoms with Crippen LogP contribution in [0.15, 0.2) is 30.5 Å². The minimum atomic E-state index is -0.467. The number of aromatic nitrogens is 1. The lowest BCUT2D eigenvalue weighted by Gasteiger charge is -2.19. The molecule has 4 heteroatoms. The van der Waals surface area contributed by atoms with Crippen molar-refractivity contribution in [1.29, 1.82) is 0 Å². The Morgan fingerprint density at radius 1 is 1.35 bits per heavy atom. The first-order chi connectivity index (χ1) is 7.74. The number of nitrogens with two attached hydrogens (primary N) is 1. The van der Waals surface area contributed by atoms with Crippen molar-refractivity contribution in [3.05, 3.63) is 36.0 Å². The lowest BCUT2D eigenvalue weighted by atomic mass is 9.96. The molecule has 0 aliphatic rings. The second kappa shape index (κ2) is 6.05. The van der Waals surface area contributed by atoms with Gasteiger partial charge in [-0.3, -0.25) is 0 Å². The third-order valence-corrected chi connectivity index (χ3v) is 2.99. The van der Waals surface area contributed by atoms with Crippen LogP contribution in [0.4, 0.5) is 0 Å². The van der Waals surface area contributed by atoms with Crippen LogP contribution in [-0.4, -0.2) is 16.2 Å². The maximum absolute atomic E-state index is 9.93. The van der Waals surface area contributed by atoms with E-state index < -0.39 is 6.10 Å². The van der Waals surface area contributed by atoms with E-state index in [1.165, 1.54) is 0 Å². The second-order valence-electron chi connectivity index (χ2n) is 4.17. The van der Waals surface area contributed by atoms with E-state index in [0.29, 0.717) is 0 Å². The molecule has 4 N–H and O–H groups in total.